The smallest absolute Gasteiger partial charge is 0.302 e. The molecule has 0 saturated heterocycles. The molecule has 24 heavy (non-hydrogen) atoms. The summed E-state index contributed by atoms with van der Waals surface area (Å²) in [7, 11) is -10.2. The van der Waals surface area contributed by atoms with Gasteiger partial charge in [0.25, 0.3) is 0 Å². The topological polar surface area (TPSA) is 113 Å². The van der Waals surface area contributed by atoms with Crippen molar-refractivity contribution in [2.45, 2.75) is 53.4 Å². The highest BCUT2D eigenvalue weighted by molar-refractivity contribution is 7.60. The van der Waals surface area contributed by atoms with Crippen LogP contribution in [0.15, 0.2) is 34.9 Å². The minimum absolute atomic E-state index is 0.633. The van der Waals surface area contributed by atoms with Crippen LogP contribution in [0.3, 0.4) is 0 Å². The number of phosphoric acid groups is 2. The number of allylic oxidation sites excluding steroid dienone is 5. The van der Waals surface area contributed by atoms with Gasteiger partial charge in [-0.25, -0.2) is 9.13 Å². The van der Waals surface area contributed by atoms with Crippen LogP contribution >= 0.6 is 15.6 Å². The number of rotatable bonds is 11. The van der Waals surface area contributed by atoms with Crippen LogP contribution in [0.2, 0.25) is 0 Å². The molecule has 0 radical (unpaired) electrons. The Labute approximate surface area is 145 Å². The SMILES string of the molecule is [2H][C@H](/C=C(\C)CC/C=C(\C)CCC=C(C)C)OP(=O)(O)OP(=O)(O)O. The van der Waals surface area contributed by atoms with Gasteiger partial charge < -0.3 is 14.7 Å². The first-order chi connectivity index (χ1) is 11.3. The van der Waals surface area contributed by atoms with Crippen molar-refractivity contribution in [2.75, 3.05) is 6.58 Å². The van der Waals surface area contributed by atoms with E-state index in [1.165, 1.54) is 17.2 Å². The van der Waals surface area contributed by atoms with Crippen LogP contribution in [-0.4, -0.2) is 21.3 Å². The lowest BCUT2D eigenvalue weighted by molar-refractivity contribution is 0.191. The highest BCUT2D eigenvalue weighted by Gasteiger charge is 2.31. The normalized spacial score (nSPS) is 17.9. The highest BCUT2D eigenvalue weighted by Crippen LogP contribution is 2.57. The Kier molecular flexibility index (Phi) is 10.0. The summed E-state index contributed by atoms with van der Waals surface area (Å²) in [6, 6.07) is 0. The van der Waals surface area contributed by atoms with Crippen molar-refractivity contribution in [3.63, 3.8) is 0 Å². The second-order valence-electron chi connectivity index (χ2n) is 5.70. The lowest BCUT2D eigenvalue weighted by Crippen LogP contribution is -1.94. The molecule has 0 rings (SSSR count). The molecule has 0 aromatic rings. The summed E-state index contributed by atoms with van der Waals surface area (Å²) in [4.78, 5) is 26.2. The van der Waals surface area contributed by atoms with E-state index in [0.717, 1.165) is 24.8 Å². The van der Waals surface area contributed by atoms with Crippen molar-refractivity contribution in [3.05, 3.63) is 34.9 Å². The minimum Gasteiger partial charge on any atom is -0.302 e. The largest absolute Gasteiger partial charge is 0.481 e. The molecule has 0 aliphatic heterocycles. The Balaban J connectivity index is 4.41. The monoisotopic (exact) mass is 383 g/mol. The molecule has 2 atom stereocenters. The molecule has 3 N–H and O–H groups in total. The summed E-state index contributed by atoms with van der Waals surface area (Å²) in [6.07, 6.45) is 8.93. The molecular weight excluding hydrogens is 354 g/mol. The van der Waals surface area contributed by atoms with Crippen molar-refractivity contribution >= 4 is 15.6 Å². The fourth-order valence-corrected chi connectivity index (χ4v) is 3.14. The maximum atomic E-state index is 11.3. The Bertz CT molecular complexity index is 603. The molecular formula is C15H28O7P2. The Morgan fingerprint density at radius 1 is 0.958 bits per heavy atom. The van der Waals surface area contributed by atoms with Crippen molar-refractivity contribution in [3.8, 4) is 0 Å². The van der Waals surface area contributed by atoms with E-state index in [0.29, 0.717) is 6.42 Å². The molecule has 0 saturated carbocycles. The van der Waals surface area contributed by atoms with E-state index < -0.39 is 22.2 Å². The Hall–Kier alpha value is -0.520. The van der Waals surface area contributed by atoms with Crippen LogP contribution in [0, 0.1) is 0 Å². The molecule has 0 aliphatic rings. The molecule has 0 spiro atoms. The van der Waals surface area contributed by atoms with Gasteiger partial charge in [0, 0.05) is 0 Å². The van der Waals surface area contributed by atoms with Gasteiger partial charge in [0.05, 0.1) is 7.95 Å². The number of hydrogen-bond donors (Lipinski definition) is 3. The van der Waals surface area contributed by atoms with Gasteiger partial charge in [-0.2, -0.15) is 4.31 Å². The van der Waals surface area contributed by atoms with Crippen LogP contribution in [-0.2, 0) is 18.0 Å². The van der Waals surface area contributed by atoms with Gasteiger partial charge in [-0.1, -0.05) is 34.9 Å². The summed E-state index contributed by atoms with van der Waals surface area (Å²) >= 11 is 0. The minimum atomic E-state index is -5.18. The molecule has 0 heterocycles. The maximum Gasteiger partial charge on any atom is 0.481 e. The van der Waals surface area contributed by atoms with Gasteiger partial charge in [0.1, 0.15) is 0 Å². The van der Waals surface area contributed by atoms with Crippen LogP contribution in [0.4, 0.5) is 0 Å². The number of hydrogen-bond acceptors (Lipinski definition) is 4. The van der Waals surface area contributed by atoms with Gasteiger partial charge in [0.2, 0.25) is 0 Å². The molecule has 0 bridgehead atoms. The van der Waals surface area contributed by atoms with E-state index in [1.54, 1.807) is 6.92 Å². The third kappa shape index (κ3) is 15.0. The second kappa shape index (κ2) is 11.2. The average Bonchev–Trinajstić information content (AvgIpc) is 2.33. The molecule has 140 valence electrons. The predicted octanol–water partition coefficient (Wildman–Crippen LogP) is 4.63. The van der Waals surface area contributed by atoms with Gasteiger partial charge in [-0.05, 0) is 53.4 Å². The van der Waals surface area contributed by atoms with Crippen molar-refractivity contribution < 1.29 is 34.0 Å². The molecule has 7 nitrogen and oxygen atoms in total. The van der Waals surface area contributed by atoms with Crippen LogP contribution in [0.1, 0.15) is 54.7 Å². The zero-order valence-corrected chi connectivity index (χ0v) is 16.3. The van der Waals surface area contributed by atoms with Crippen LogP contribution in [0.5, 0.6) is 0 Å². The Morgan fingerprint density at radius 3 is 1.96 bits per heavy atom. The first kappa shape index (κ1) is 21.5. The quantitative estimate of drug-likeness (QED) is 0.352. The molecule has 9 heteroatoms. The van der Waals surface area contributed by atoms with E-state index in [9.17, 15) is 9.13 Å². The third-order valence-electron chi connectivity index (χ3n) is 2.88. The summed E-state index contributed by atoms with van der Waals surface area (Å²) in [5.41, 5.74) is 3.31. The molecule has 0 aliphatic carbocycles. The average molecular weight is 383 g/mol. The summed E-state index contributed by atoms with van der Waals surface area (Å²) in [5, 5.41) is 0. The first-order valence-electron chi connectivity index (χ1n) is 8.05. The lowest BCUT2D eigenvalue weighted by Gasteiger charge is -2.11. The van der Waals surface area contributed by atoms with Gasteiger partial charge >= 0.3 is 15.6 Å². The summed E-state index contributed by atoms with van der Waals surface area (Å²) in [6.45, 7) is 6.34. The maximum absolute atomic E-state index is 11.3. The lowest BCUT2D eigenvalue weighted by atomic mass is 10.1. The van der Waals surface area contributed by atoms with Gasteiger partial charge in [-0.15, -0.1) is 0 Å². The fraction of sp³-hybridized carbons (Fsp3) is 0.600. The van der Waals surface area contributed by atoms with E-state index in [-0.39, 0.29) is 0 Å². The zero-order chi connectivity index (χ0) is 19.7. The number of phosphoric ester groups is 1. The van der Waals surface area contributed by atoms with E-state index in [4.69, 9.17) is 16.1 Å². The summed E-state index contributed by atoms with van der Waals surface area (Å²) in [5.74, 6) is 0. The van der Waals surface area contributed by atoms with Crippen molar-refractivity contribution in [1.82, 2.24) is 0 Å². The van der Waals surface area contributed by atoms with Crippen LogP contribution < -0.4 is 0 Å². The van der Waals surface area contributed by atoms with Gasteiger partial charge in [0.15, 0.2) is 0 Å². The molecule has 0 amide bonds. The molecule has 0 aromatic carbocycles. The molecule has 0 aromatic heterocycles. The van der Waals surface area contributed by atoms with Crippen LogP contribution in [0.25, 0.3) is 0 Å². The molecule has 1 unspecified atom stereocenters. The fourth-order valence-electron chi connectivity index (χ4n) is 1.70. The molecule has 0 fully saturated rings. The summed E-state index contributed by atoms with van der Waals surface area (Å²) < 4.78 is 37.4. The first-order valence-corrected chi connectivity index (χ1v) is 10.5. The van der Waals surface area contributed by atoms with Gasteiger partial charge in [-0.3, -0.25) is 4.52 Å². The van der Waals surface area contributed by atoms with Crippen molar-refractivity contribution in [2.24, 2.45) is 0 Å². The second-order valence-corrected chi connectivity index (χ2v) is 8.49. The predicted molar refractivity (Wildman–Crippen MR) is 94.3 cm³/mol. The van der Waals surface area contributed by atoms with Crippen molar-refractivity contribution in [1.29, 1.82) is 0 Å². The van der Waals surface area contributed by atoms with E-state index in [1.807, 2.05) is 0 Å². The highest BCUT2D eigenvalue weighted by atomic mass is 31.3. The third-order valence-corrected chi connectivity index (χ3v) is 4.94. The standard InChI is InChI=1S/C15H28O7P2/c1-13(2)7-5-8-14(3)9-6-10-15(4)11-12-21-24(19,20)22-23(16,17)18/h7,9,11H,5-6,8,10,12H2,1-4H3,(H,19,20)(H2,16,17,18)/b14-9+,15-11+/i12D/t12-/m1/s1. The zero-order valence-electron chi connectivity index (χ0n) is 15.5. The Morgan fingerprint density at radius 2 is 1.46 bits per heavy atom. The van der Waals surface area contributed by atoms with E-state index >= 15 is 0 Å². The van der Waals surface area contributed by atoms with E-state index in [2.05, 4.69) is 41.8 Å².